The summed E-state index contributed by atoms with van der Waals surface area (Å²) >= 11 is 0. The lowest BCUT2D eigenvalue weighted by molar-refractivity contribution is 0.660. The quantitative estimate of drug-likeness (QED) is 0.166. The van der Waals surface area contributed by atoms with E-state index in [-0.39, 0.29) is 10.8 Å². The zero-order chi connectivity index (χ0) is 49.8. The maximum atomic E-state index is 6.99. The van der Waals surface area contributed by atoms with Crippen LogP contribution in [-0.4, -0.2) is 0 Å². The average molecular weight is 953 g/mol. The molecule has 0 radical (unpaired) electrons. The molecule has 0 aliphatic heterocycles. The zero-order valence-electron chi connectivity index (χ0n) is 42.3. The fourth-order valence-corrected chi connectivity index (χ4v) is 13.0. The number of hydrogen-bond donors (Lipinski definition) is 0. The molecule has 0 fully saturated rings. The van der Waals surface area contributed by atoms with Crippen molar-refractivity contribution in [1.82, 2.24) is 0 Å². The van der Waals surface area contributed by atoms with E-state index in [0.717, 1.165) is 99.5 Å². The maximum absolute atomic E-state index is 6.99. The van der Waals surface area contributed by atoms with E-state index in [1.165, 1.54) is 55.6 Å². The summed E-state index contributed by atoms with van der Waals surface area (Å²) in [5.41, 5.74) is 23.0. The number of rotatable bonds is 6. The number of fused-ring (bicyclic) bond motifs is 15. The number of furan rings is 2. The Kier molecular flexibility index (Phi) is 8.87. The molecule has 13 aromatic rings. The van der Waals surface area contributed by atoms with Gasteiger partial charge in [0.25, 0.3) is 0 Å². The summed E-state index contributed by atoms with van der Waals surface area (Å²) in [6.45, 7) is 13.8. The molecule has 0 bridgehead atoms. The van der Waals surface area contributed by atoms with Crippen molar-refractivity contribution in [1.29, 1.82) is 0 Å². The van der Waals surface area contributed by atoms with Gasteiger partial charge >= 0.3 is 0 Å². The normalized spacial score (nSPS) is 14.0. The van der Waals surface area contributed by atoms with Crippen LogP contribution < -0.4 is 9.80 Å². The summed E-state index contributed by atoms with van der Waals surface area (Å²) in [6.07, 6.45) is 0. The molecule has 354 valence electrons. The van der Waals surface area contributed by atoms with E-state index in [2.05, 4.69) is 258 Å². The van der Waals surface area contributed by atoms with Crippen molar-refractivity contribution in [2.45, 2.75) is 52.4 Å². The highest BCUT2D eigenvalue weighted by Crippen LogP contribution is 2.53. The first-order chi connectivity index (χ1) is 36.0. The van der Waals surface area contributed by atoms with Crippen molar-refractivity contribution >= 4 is 99.5 Å². The molecule has 2 aliphatic rings. The zero-order valence-corrected chi connectivity index (χ0v) is 42.3. The molecule has 4 nitrogen and oxygen atoms in total. The summed E-state index contributed by atoms with van der Waals surface area (Å²) in [5.74, 6) is 0. The summed E-state index contributed by atoms with van der Waals surface area (Å²) in [4.78, 5) is 4.83. The second kappa shape index (κ2) is 15.3. The van der Waals surface area contributed by atoms with E-state index in [4.69, 9.17) is 8.83 Å². The predicted molar refractivity (Wildman–Crippen MR) is 310 cm³/mol. The average Bonchev–Trinajstić information content (AvgIpc) is 4.11. The van der Waals surface area contributed by atoms with Crippen LogP contribution in [0.2, 0.25) is 0 Å². The number of anilines is 6. The molecule has 0 amide bonds. The van der Waals surface area contributed by atoms with Crippen LogP contribution in [0.1, 0.15) is 61.1 Å². The van der Waals surface area contributed by atoms with Gasteiger partial charge in [0, 0.05) is 61.1 Å². The van der Waals surface area contributed by atoms with Gasteiger partial charge < -0.3 is 18.6 Å². The van der Waals surface area contributed by atoms with Gasteiger partial charge in [0.15, 0.2) is 0 Å². The van der Waals surface area contributed by atoms with E-state index in [1.807, 2.05) is 0 Å². The second-order valence-corrected chi connectivity index (χ2v) is 21.8. The number of hydrogen-bond acceptors (Lipinski definition) is 4. The minimum absolute atomic E-state index is 0.114. The lowest BCUT2D eigenvalue weighted by atomic mass is 9.82. The van der Waals surface area contributed by atoms with Crippen molar-refractivity contribution in [2.75, 3.05) is 9.80 Å². The highest BCUT2D eigenvalue weighted by Gasteiger charge is 2.37. The van der Waals surface area contributed by atoms with E-state index in [1.54, 1.807) is 0 Å². The van der Waals surface area contributed by atoms with Crippen LogP contribution in [-0.2, 0) is 10.8 Å². The molecule has 0 saturated heterocycles. The summed E-state index contributed by atoms with van der Waals surface area (Å²) < 4.78 is 13.7. The van der Waals surface area contributed by atoms with E-state index < -0.39 is 0 Å². The van der Waals surface area contributed by atoms with Crippen LogP contribution in [0.5, 0.6) is 0 Å². The molecule has 0 atom stereocenters. The standard InChI is InChI=1S/C70H52N2O2/c1-41-15-7-13-21-62(41)71(49-27-29-53-51-17-9-11-19-58(51)69(3,4)60(53)39-49)47-25-23-43-35-56-55-31-32-64-67(68(55)74-65(56)37-45(43)33-47)57-36-44-24-26-48(34-46(44)38-66(57)73-64)72(63-22-14-8-16-42(63)2)50-28-30-54-52-18-10-12-20-59(52)70(5,6)61(54)40-50/h7-40H,1-6H3. The second-order valence-electron chi connectivity index (χ2n) is 21.8. The van der Waals surface area contributed by atoms with Crippen LogP contribution in [0.3, 0.4) is 0 Å². The summed E-state index contributed by atoms with van der Waals surface area (Å²) in [6, 6.07) is 76.0. The first kappa shape index (κ1) is 42.8. The predicted octanol–water partition coefficient (Wildman–Crippen LogP) is 20.0. The fourth-order valence-electron chi connectivity index (χ4n) is 13.0. The number of benzene rings is 11. The monoisotopic (exact) mass is 952 g/mol. The van der Waals surface area contributed by atoms with Gasteiger partial charge in [-0.1, -0.05) is 137 Å². The topological polar surface area (TPSA) is 32.8 Å². The molecule has 2 aromatic heterocycles. The van der Waals surface area contributed by atoms with Crippen molar-refractivity contribution in [3.8, 4) is 22.3 Å². The Bertz CT molecular complexity index is 4550. The number of aryl methyl sites for hydroxylation is 2. The highest BCUT2D eigenvalue weighted by atomic mass is 16.3. The Labute approximate surface area is 430 Å². The minimum atomic E-state index is -0.114. The third kappa shape index (κ3) is 6.09. The van der Waals surface area contributed by atoms with Gasteiger partial charge in [-0.05, 0) is 188 Å². The lowest BCUT2D eigenvalue weighted by Gasteiger charge is -2.29. The molecular weight excluding hydrogens is 901 g/mol. The van der Waals surface area contributed by atoms with Crippen LogP contribution >= 0.6 is 0 Å². The van der Waals surface area contributed by atoms with Crippen LogP contribution in [0.4, 0.5) is 34.1 Å². The molecular formula is C70H52N2O2. The molecule has 74 heavy (non-hydrogen) atoms. The molecule has 4 heteroatoms. The van der Waals surface area contributed by atoms with Gasteiger partial charge in [0.1, 0.15) is 22.3 Å². The first-order valence-corrected chi connectivity index (χ1v) is 25.9. The Hall–Kier alpha value is -8.86. The van der Waals surface area contributed by atoms with Gasteiger partial charge in [-0.2, -0.15) is 0 Å². The summed E-state index contributed by atoms with van der Waals surface area (Å²) in [5, 5.41) is 8.74. The Morgan fingerprint density at radius 1 is 0.324 bits per heavy atom. The molecule has 15 rings (SSSR count). The third-order valence-electron chi connectivity index (χ3n) is 16.8. The minimum Gasteiger partial charge on any atom is -0.456 e. The largest absolute Gasteiger partial charge is 0.456 e. The molecule has 11 aromatic carbocycles. The van der Waals surface area contributed by atoms with E-state index in [0.29, 0.717) is 0 Å². The van der Waals surface area contributed by atoms with E-state index >= 15 is 0 Å². The van der Waals surface area contributed by atoms with Crippen molar-refractivity contribution in [3.63, 3.8) is 0 Å². The van der Waals surface area contributed by atoms with Gasteiger partial charge in [-0.15, -0.1) is 0 Å². The van der Waals surface area contributed by atoms with Gasteiger partial charge in [-0.3, -0.25) is 0 Å². The van der Waals surface area contributed by atoms with Crippen LogP contribution in [0, 0.1) is 13.8 Å². The van der Waals surface area contributed by atoms with Gasteiger partial charge in [-0.25, -0.2) is 0 Å². The molecule has 0 unspecified atom stereocenters. The summed E-state index contributed by atoms with van der Waals surface area (Å²) in [7, 11) is 0. The van der Waals surface area contributed by atoms with Gasteiger partial charge in [0.2, 0.25) is 0 Å². The number of nitrogens with zero attached hydrogens (tertiary/aromatic N) is 2. The van der Waals surface area contributed by atoms with Crippen LogP contribution in [0.15, 0.2) is 215 Å². The van der Waals surface area contributed by atoms with Crippen molar-refractivity contribution < 1.29 is 8.83 Å². The lowest BCUT2D eigenvalue weighted by Crippen LogP contribution is -2.16. The number of para-hydroxylation sites is 2. The Morgan fingerprint density at radius 3 is 1.31 bits per heavy atom. The molecule has 0 spiro atoms. The van der Waals surface area contributed by atoms with Crippen LogP contribution in [0.25, 0.3) is 87.7 Å². The first-order valence-electron chi connectivity index (χ1n) is 25.9. The molecule has 0 N–H and O–H groups in total. The third-order valence-corrected chi connectivity index (χ3v) is 16.8. The molecule has 2 heterocycles. The highest BCUT2D eigenvalue weighted by molar-refractivity contribution is 6.24. The van der Waals surface area contributed by atoms with Gasteiger partial charge in [0.05, 0.1) is 5.39 Å². The maximum Gasteiger partial charge on any atom is 0.147 e. The Morgan fingerprint density at radius 2 is 0.770 bits per heavy atom. The fraction of sp³-hybridized carbons (Fsp3) is 0.114. The SMILES string of the molecule is Cc1ccccc1N(c1ccc2c(c1)C(C)(C)c1ccccc1-2)c1ccc2cc3c(cc2c1)oc1c3ccc2oc3cc4cc(N(c5ccc6c(c5)C(C)(C)c5ccccc5-6)c5ccccc5C)ccc4cc3c21. The Balaban J connectivity index is 0.836. The molecule has 0 saturated carbocycles. The smallest absolute Gasteiger partial charge is 0.147 e. The van der Waals surface area contributed by atoms with Crippen molar-refractivity contribution in [3.05, 3.63) is 240 Å². The molecule has 2 aliphatic carbocycles. The van der Waals surface area contributed by atoms with Crippen molar-refractivity contribution in [2.24, 2.45) is 0 Å². The van der Waals surface area contributed by atoms with E-state index in [9.17, 15) is 0 Å².